The van der Waals surface area contributed by atoms with Crippen LogP contribution in [0.15, 0.2) is 55.0 Å². The van der Waals surface area contributed by atoms with E-state index in [9.17, 15) is 22.4 Å². The topological polar surface area (TPSA) is 78.9 Å². The van der Waals surface area contributed by atoms with E-state index in [1.54, 1.807) is 6.92 Å². The van der Waals surface area contributed by atoms with Gasteiger partial charge in [-0.1, -0.05) is 6.07 Å². The number of nitrogens with one attached hydrogen (secondary N) is 3. The largest absolute Gasteiger partial charge is 0.418 e. The molecule has 4 rings (SSSR count). The molecular weight excluding hydrogens is 426 g/mol. The number of aromatic nitrogens is 2. The van der Waals surface area contributed by atoms with Crippen LogP contribution in [0, 0.1) is 12.7 Å². The zero-order valence-electron chi connectivity index (χ0n) is 16.7. The number of anilines is 3. The third-order valence-corrected chi connectivity index (χ3v) is 4.78. The van der Waals surface area contributed by atoms with Crippen molar-refractivity contribution < 1.29 is 22.4 Å². The van der Waals surface area contributed by atoms with Crippen LogP contribution in [0.1, 0.15) is 22.5 Å². The van der Waals surface area contributed by atoms with Crippen LogP contribution in [0.3, 0.4) is 0 Å². The molecule has 164 valence electrons. The first-order valence-electron chi connectivity index (χ1n) is 9.52. The van der Waals surface area contributed by atoms with E-state index >= 15 is 0 Å². The van der Waals surface area contributed by atoms with E-state index in [0.717, 1.165) is 6.07 Å². The molecule has 0 atom stereocenters. The molecule has 1 aromatic heterocycles. The van der Waals surface area contributed by atoms with Crippen molar-refractivity contribution in [2.75, 3.05) is 16.0 Å². The summed E-state index contributed by atoms with van der Waals surface area (Å²) in [5, 5.41) is 7.91. The van der Waals surface area contributed by atoms with Crippen LogP contribution >= 0.6 is 0 Å². The zero-order chi connectivity index (χ0) is 22.9. The van der Waals surface area contributed by atoms with Crippen LogP contribution in [0.4, 0.5) is 34.6 Å². The monoisotopic (exact) mass is 443 g/mol. The Morgan fingerprint density at radius 1 is 1.12 bits per heavy atom. The number of fused-ring (bicyclic) bond motifs is 1. The van der Waals surface area contributed by atoms with Crippen molar-refractivity contribution in [3.05, 3.63) is 83.3 Å². The molecule has 3 N–H and O–H groups in total. The van der Waals surface area contributed by atoms with Crippen molar-refractivity contribution >= 4 is 28.5 Å². The molecule has 10 heteroatoms. The summed E-state index contributed by atoms with van der Waals surface area (Å²) >= 11 is 0. The maximum Gasteiger partial charge on any atom is 0.418 e. The number of benzene rings is 2. The minimum Gasteiger partial charge on any atom is -0.379 e. The lowest BCUT2D eigenvalue weighted by Crippen LogP contribution is -2.12. The number of halogens is 4. The molecule has 1 aliphatic heterocycles. The fraction of sp³-hybridized carbons (Fsp3) is 0.136. The molecule has 6 nitrogen and oxygen atoms in total. The van der Waals surface area contributed by atoms with Crippen LogP contribution < -0.4 is 16.0 Å². The molecule has 0 fully saturated rings. The lowest BCUT2D eigenvalue weighted by molar-refractivity contribution is -0.136. The van der Waals surface area contributed by atoms with E-state index in [1.807, 2.05) is 0 Å². The van der Waals surface area contributed by atoms with Gasteiger partial charge >= 0.3 is 6.18 Å². The number of nitrogens with zero attached hydrogens (tertiary/aromatic N) is 2. The Morgan fingerprint density at radius 2 is 1.94 bits per heavy atom. The normalized spacial score (nSPS) is 14.3. The first-order chi connectivity index (χ1) is 15.2. The Hall–Kier alpha value is -3.95. The van der Waals surface area contributed by atoms with Gasteiger partial charge in [-0.3, -0.25) is 14.8 Å². The van der Waals surface area contributed by atoms with Gasteiger partial charge in [0.05, 0.1) is 41.0 Å². The molecule has 1 amide bonds. The summed E-state index contributed by atoms with van der Waals surface area (Å²) in [4.78, 5) is 20.3. The van der Waals surface area contributed by atoms with Crippen molar-refractivity contribution in [1.82, 2.24) is 9.97 Å². The Balaban J connectivity index is 1.58. The molecule has 1 aliphatic rings. The molecule has 32 heavy (non-hydrogen) atoms. The summed E-state index contributed by atoms with van der Waals surface area (Å²) in [5.74, 6) is -1.16. The molecule has 0 radical (unpaired) electrons. The number of carbonyl (C=O) groups excluding carboxylic acids is 1. The molecular formula is C22H17F4N5O. The maximum absolute atomic E-state index is 14.1. The van der Waals surface area contributed by atoms with Crippen LogP contribution in [0.5, 0.6) is 0 Å². The summed E-state index contributed by atoms with van der Waals surface area (Å²) in [7, 11) is 0. The highest BCUT2D eigenvalue weighted by atomic mass is 19.4. The predicted molar refractivity (Wildman–Crippen MR) is 112 cm³/mol. The smallest absolute Gasteiger partial charge is 0.379 e. The van der Waals surface area contributed by atoms with Crippen molar-refractivity contribution in [2.45, 2.75) is 19.6 Å². The molecule has 0 saturated heterocycles. The van der Waals surface area contributed by atoms with Crippen LogP contribution in [0.2, 0.25) is 0 Å². The number of alkyl halides is 3. The zero-order valence-corrected chi connectivity index (χ0v) is 16.7. The van der Waals surface area contributed by atoms with Gasteiger partial charge in [-0.25, -0.2) is 4.39 Å². The average molecular weight is 443 g/mol. The van der Waals surface area contributed by atoms with Crippen molar-refractivity contribution in [3.8, 4) is 0 Å². The summed E-state index contributed by atoms with van der Waals surface area (Å²) in [6, 6.07) is 7.80. The van der Waals surface area contributed by atoms with E-state index in [2.05, 4.69) is 25.9 Å². The second-order valence-electron chi connectivity index (χ2n) is 7.08. The van der Waals surface area contributed by atoms with Crippen molar-refractivity contribution in [1.29, 1.82) is 0 Å². The van der Waals surface area contributed by atoms with E-state index < -0.39 is 23.5 Å². The second-order valence-corrected chi connectivity index (χ2v) is 7.08. The summed E-state index contributed by atoms with van der Waals surface area (Å²) in [6.45, 7) is 1.82. The summed E-state index contributed by atoms with van der Waals surface area (Å²) < 4.78 is 55.0. The third-order valence-electron chi connectivity index (χ3n) is 4.78. The molecule has 0 saturated carbocycles. The lowest BCUT2D eigenvalue weighted by atomic mass is 10.1. The standard InChI is InChI=1S/C22H17F4N5O/c1-12-8-28-14(9-27-12)10-30-18-6-5-13(7-16(18)22(24,25)26)29-11-15-20-17(23)3-2-4-19(20)31-21(15)32/h2-9,11,29-30H,10H2,1H3,(H,31,32)/b15-11+. The fourth-order valence-electron chi connectivity index (χ4n) is 3.22. The second kappa shape index (κ2) is 8.29. The third kappa shape index (κ3) is 4.39. The van der Waals surface area contributed by atoms with Crippen LogP contribution in [-0.4, -0.2) is 15.9 Å². The maximum atomic E-state index is 14.1. The number of aryl methyl sites for hydroxylation is 1. The van der Waals surface area contributed by atoms with Crippen molar-refractivity contribution in [2.24, 2.45) is 0 Å². The van der Waals surface area contributed by atoms with E-state index in [-0.39, 0.29) is 29.1 Å². The van der Waals surface area contributed by atoms with E-state index in [4.69, 9.17) is 0 Å². The van der Waals surface area contributed by atoms with Crippen LogP contribution in [-0.2, 0) is 17.5 Å². The Labute approximate surface area is 180 Å². The SMILES string of the molecule is Cc1cnc(CNc2ccc(N/C=C3/C(=O)Nc4cccc(F)c43)cc2C(F)(F)F)cn1. The van der Waals surface area contributed by atoms with E-state index in [0.29, 0.717) is 17.1 Å². The van der Waals surface area contributed by atoms with Gasteiger partial charge in [-0.05, 0) is 37.3 Å². The minimum absolute atomic E-state index is 0.00759. The van der Waals surface area contributed by atoms with Gasteiger partial charge < -0.3 is 16.0 Å². The number of hydrogen-bond acceptors (Lipinski definition) is 5. The molecule has 0 aliphatic carbocycles. The van der Waals surface area contributed by atoms with Crippen molar-refractivity contribution in [3.63, 3.8) is 0 Å². The van der Waals surface area contributed by atoms with Crippen LogP contribution in [0.25, 0.3) is 5.57 Å². The van der Waals surface area contributed by atoms with Gasteiger partial charge in [0.1, 0.15) is 5.82 Å². The lowest BCUT2D eigenvalue weighted by Gasteiger charge is -2.16. The van der Waals surface area contributed by atoms with Gasteiger partial charge in [0.25, 0.3) is 5.91 Å². The fourth-order valence-corrected chi connectivity index (χ4v) is 3.22. The Bertz CT molecular complexity index is 1210. The summed E-state index contributed by atoms with van der Waals surface area (Å²) in [6.07, 6.45) is -0.423. The number of carbonyl (C=O) groups is 1. The molecule has 0 bridgehead atoms. The Kier molecular flexibility index (Phi) is 5.52. The average Bonchev–Trinajstić information content (AvgIpc) is 3.07. The minimum atomic E-state index is -4.63. The highest BCUT2D eigenvalue weighted by Crippen LogP contribution is 2.37. The first kappa shape index (κ1) is 21.3. The van der Waals surface area contributed by atoms with Gasteiger partial charge in [-0.15, -0.1) is 0 Å². The number of hydrogen-bond donors (Lipinski definition) is 3. The Morgan fingerprint density at radius 3 is 2.66 bits per heavy atom. The molecule has 2 aromatic carbocycles. The quantitative estimate of drug-likeness (QED) is 0.384. The first-order valence-corrected chi connectivity index (χ1v) is 9.52. The molecule has 0 spiro atoms. The summed E-state index contributed by atoms with van der Waals surface area (Å²) in [5.41, 5.74) is 0.610. The van der Waals surface area contributed by atoms with Gasteiger partial charge in [-0.2, -0.15) is 13.2 Å². The van der Waals surface area contributed by atoms with E-state index in [1.165, 1.54) is 48.9 Å². The van der Waals surface area contributed by atoms with Gasteiger partial charge in [0.2, 0.25) is 0 Å². The highest BCUT2D eigenvalue weighted by Gasteiger charge is 2.34. The van der Waals surface area contributed by atoms with Gasteiger partial charge in [0, 0.05) is 29.3 Å². The number of amides is 1. The molecule has 3 aromatic rings. The molecule has 2 heterocycles. The van der Waals surface area contributed by atoms with Gasteiger partial charge in [0.15, 0.2) is 0 Å². The predicted octanol–water partition coefficient (Wildman–Crippen LogP) is 4.96. The molecule has 0 unspecified atom stereocenters. The number of rotatable bonds is 5. The highest BCUT2D eigenvalue weighted by molar-refractivity contribution is 6.31.